The summed E-state index contributed by atoms with van der Waals surface area (Å²) in [5.74, 6) is -1.44. The van der Waals surface area contributed by atoms with Crippen LogP contribution >= 0.6 is 0 Å². The number of hydrogen-bond acceptors (Lipinski definition) is 4. The quantitative estimate of drug-likeness (QED) is 0.405. The number of amides is 2. The third-order valence-electron chi connectivity index (χ3n) is 6.04. The Balaban J connectivity index is 2.00. The van der Waals surface area contributed by atoms with Crippen LogP contribution in [0.5, 0.6) is 0 Å². The highest BCUT2D eigenvalue weighted by Gasteiger charge is 2.32. The number of nitrogens with one attached hydrogen (secondary N) is 1. The highest BCUT2D eigenvalue weighted by molar-refractivity contribution is 7.92. The number of para-hydroxylation sites is 1. The lowest BCUT2D eigenvalue weighted by molar-refractivity contribution is -0.139. The van der Waals surface area contributed by atoms with Gasteiger partial charge in [0.05, 0.1) is 10.6 Å². The molecule has 0 bridgehead atoms. The fourth-order valence-corrected chi connectivity index (χ4v) is 5.22. The number of nitrogens with zero attached hydrogens (tertiary/aromatic N) is 2. The number of benzene rings is 3. The van der Waals surface area contributed by atoms with Crippen molar-refractivity contribution < 1.29 is 22.4 Å². The molecule has 1 atom stereocenters. The van der Waals surface area contributed by atoms with Crippen molar-refractivity contribution in [1.29, 1.82) is 0 Å². The Morgan fingerprint density at radius 2 is 1.57 bits per heavy atom. The smallest absolute Gasteiger partial charge is 0.264 e. The highest BCUT2D eigenvalue weighted by atomic mass is 32.2. The van der Waals surface area contributed by atoms with Gasteiger partial charge in [0, 0.05) is 13.1 Å². The first-order chi connectivity index (χ1) is 17.6. The molecule has 0 saturated heterocycles. The standard InChI is InChI=1S/C28H32FN3O4S/c1-4-18-30-28(34)22(3)31(19-23-11-9-8-10-21(23)2)27(33)20-32(25-12-6-5-7-13-25)37(35,36)26-16-14-24(29)15-17-26/h5-17,22H,4,18-20H2,1-3H3,(H,30,34). The molecule has 0 saturated carbocycles. The average molecular weight is 526 g/mol. The minimum atomic E-state index is -4.22. The van der Waals surface area contributed by atoms with Crippen LogP contribution < -0.4 is 9.62 Å². The van der Waals surface area contributed by atoms with Crippen molar-refractivity contribution >= 4 is 27.5 Å². The number of sulfonamides is 1. The van der Waals surface area contributed by atoms with Gasteiger partial charge < -0.3 is 10.2 Å². The maximum absolute atomic E-state index is 13.8. The van der Waals surface area contributed by atoms with Gasteiger partial charge in [-0.2, -0.15) is 0 Å². The van der Waals surface area contributed by atoms with Gasteiger partial charge in [-0.15, -0.1) is 0 Å². The number of carbonyl (C=O) groups excluding carboxylic acids is 2. The highest BCUT2D eigenvalue weighted by Crippen LogP contribution is 2.25. The summed E-state index contributed by atoms with van der Waals surface area (Å²) >= 11 is 0. The van der Waals surface area contributed by atoms with Gasteiger partial charge >= 0.3 is 0 Å². The van der Waals surface area contributed by atoms with E-state index in [0.29, 0.717) is 6.54 Å². The number of anilines is 1. The van der Waals surface area contributed by atoms with Crippen LogP contribution in [0.3, 0.4) is 0 Å². The van der Waals surface area contributed by atoms with Gasteiger partial charge in [0.15, 0.2) is 0 Å². The molecule has 3 aromatic rings. The predicted molar refractivity (Wildman–Crippen MR) is 142 cm³/mol. The van der Waals surface area contributed by atoms with E-state index in [0.717, 1.165) is 46.1 Å². The molecular weight excluding hydrogens is 493 g/mol. The molecule has 0 aliphatic heterocycles. The summed E-state index contributed by atoms with van der Waals surface area (Å²) in [5.41, 5.74) is 2.07. The molecule has 1 N–H and O–H groups in total. The van der Waals surface area contributed by atoms with Crippen LogP contribution in [0.15, 0.2) is 83.8 Å². The molecular formula is C28H32FN3O4S. The summed E-state index contributed by atoms with van der Waals surface area (Å²) in [6.07, 6.45) is 0.738. The lowest BCUT2D eigenvalue weighted by Crippen LogP contribution is -2.51. The topological polar surface area (TPSA) is 86.8 Å². The molecule has 2 amide bonds. The summed E-state index contributed by atoms with van der Waals surface area (Å²) in [6, 6.07) is 19.3. The predicted octanol–water partition coefficient (Wildman–Crippen LogP) is 4.27. The lowest BCUT2D eigenvalue weighted by atomic mass is 10.1. The SMILES string of the molecule is CCCNC(=O)C(C)N(Cc1ccccc1C)C(=O)CN(c1ccccc1)S(=O)(=O)c1ccc(F)cc1. The van der Waals surface area contributed by atoms with Gasteiger partial charge in [0.2, 0.25) is 11.8 Å². The fraction of sp³-hybridized carbons (Fsp3) is 0.286. The molecule has 0 fully saturated rings. The van der Waals surface area contributed by atoms with Gasteiger partial charge in [-0.1, -0.05) is 49.4 Å². The average Bonchev–Trinajstić information content (AvgIpc) is 2.90. The van der Waals surface area contributed by atoms with E-state index >= 15 is 0 Å². The van der Waals surface area contributed by atoms with Crippen LogP contribution in [-0.2, 0) is 26.2 Å². The molecule has 3 aromatic carbocycles. The van der Waals surface area contributed by atoms with Crippen LogP contribution in [0.4, 0.5) is 10.1 Å². The molecule has 0 heterocycles. The van der Waals surface area contributed by atoms with Crippen molar-refractivity contribution in [3.05, 3.63) is 95.8 Å². The minimum absolute atomic E-state index is 0.130. The summed E-state index contributed by atoms with van der Waals surface area (Å²) in [5, 5.41) is 2.81. The first-order valence-corrected chi connectivity index (χ1v) is 13.5. The van der Waals surface area contributed by atoms with Gasteiger partial charge in [0.1, 0.15) is 18.4 Å². The van der Waals surface area contributed by atoms with Gasteiger partial charge in [0.25, 0.3) is 10.0 Å². The van der Waals surface area contributed by atoms with Crippen molar-refractivity contribution in [3.8, 4) is 0 Å². The van der Waals surface area contributed by atoms with Crippen molar-refractivity contribution in [3.63, 3.8) is 0 Å². The van der Waals surface area contributed by atoms with Gasteiger partial charge in [-0.3, -0.25) is 13.9 Å². The second-order valence-corrected chi connectivity index (χ2v) is 10.6. The number of carbonyl (C=O) groups is 2. The molecule has 1 unspecified atom stereocenters. The second-order valence-electron chi connectivity index (χ2n) is 8.72. The van der Waals surface area contributed by atoms with Crippen molar-refractivity contribution in [2.75, 3.05) is 17.4 Å². The van der Waals surface area contributed by atoms with E-state index in [4.69, 9.17) is 0 Å². The monoisotopic (exact) mass is 525 g/mol. The summed E-state index contributed by atoms with van der Waals surface area (Å²) in [4.78, 5) is 27.9. The van der Waals surface area contributed by atoms with Crippen LogP contribution in [-0.4, -0.2) is 44.3 Å². The molecule has 0 spiro atoms. The molecule has 7 nitrogen and oxygen atoms in total. The lowest BCUT2D eigenvalue weighted by Gasteiger charge is -2.32. The van der Waals surface area contributed by atoms with Gasteiger partial charge in [-0.05, 0) is 67.8 Å². The fourth-order valence-electron chi connectivity index (χ4n) is 3.81. The number of rotatable bonds is 11. The largest absolute Gasteiger partial charge is 0.354 e. The summed E-state index contributed by atoms with van der Waals surface area (Å²) in [6.45, 7) is 5.52. The normalized spacial score (nSPS) is 12.0. The van der Waals surface area contributed by atoms with Gasteiger partial charge in [-0.25, -0.2) is 12.8 Å². The Morgan fingerprint density at radius 1 is 0.946 bits per heavy atom. The molecule has 0 aliphatic rings. The van der Waals surface area contributed by atoms with E-state index in [-0.39, 0.29) is 23.0 Å². The number of halogens is 1. The zero-order valence-electron chi connectivity index (χ0n) is 21.2. The molecule has 37 heavy (non-hydrogen) atoms. The third kappa shape index (κ3) is 6.95. The van der Waals surface area contributed by atoms with E-state index in [1.54, 1.807) is 37.3 Å². The Labute approximate surface area is 218 Å². The van der Waals surface area contributed by atoms with Crippen LogP contribution in [0.1, 0.15) is 31.4 Å². The summed E-state index contributed by atoms with van der Waals surface area (Å²) in [7, 11) is -4.22. The first-order valence-electron chi connectivity index (χ1n) is 12.1. The number of aryl methyl sites for hydroxylation is 1. The molecule has 0 radical (unpaired) electrons. The van der Waals surface area contributed by atoms with Crippen LogP contribution in [0.25, 0.3) is 0 Å². The molecule has 0 aliphatic carbocycles. The number of hydrogen-bond donors (Lipinski definition) is 1. The molecule has 3 rings (SSSR count). The van der Waals surface area contributed by atoms with E-state index < -0.39 is 34.3 Å². The molecule has 9 heteroatoms. The van der Waals surface area contributed by atoms with Crippen molar-refractivity contribution in [2.45, 2.75) is 44.7 Å². The Hall–Kier alpha value is -3.72. The maximum Gasteiger partial charge on any atom is 0.264 e. The third-order valence-corrected chi connectivity index (χ3v) is 7.83. The summed E-state index contributed by atoms with van der Waals surface area (Å²) < 4.78 is 41.7. The maximum atomic E-state index is 13.8. The Kier molecular flexibility index (Phi) is 9.41. The van der Waals surface area contributed by atoms with Crippen LogP contribution in [0.2, 0.25) is 0 Å². The Bertz CT molecular complexity index is 1310. The van der Waals surface area contributed by atoms with Crippen molar-refractivity contribution in [2.24, 2.45) is 0 Å². The van der Waals surface area contributed by atoms with E-state index in [2.05, 4.69) is 5.32 Å². The second kappa shape index (κ2) is 12.5. The molecule has 196 valence electrons. The van der Waals surface area contributed by atoms with E-state index in [1.807, 2.05) is 38.1 Å². The minimum Gasteiger partial charge on any atom is -0.354 e. The Morgan fingerprint density at radius 3 is 2.19 bits per heavy atom. The van der Waals surface area contributed by atoms with E-state index in [1.165, 1.54) is 4.90 Å². The van der Waals surface area contributed by atoms with Crippen LogP contribution in [0, 0.1) is 12.7 Å². The zero-order chi connectivity index (χ0) is 27.0. The first kappa shape index (κ1) is 27.9. The van der Waals surface area contributed by atoms with Crippen molar-refractivity contribution in [1.82, 2.24) is 10.2 Å². The zero-order valence-corrected chi connectivity index (χ0v) is 22.0. The van der Waals surface area contributed by atoms with E-state index in [9.17, 15) is 22.4 Å². The molecule has 0 aromatic heterocycles.